The zero-order chi connectivity index (χ0) is 21.5. The van der Waals surface area contributed by atoms with Crippen molar-refractivity contribution in [2.45, 2.75) is 20.0 Å². The largest absolute Gasteiger partial charge is 0.496 e. The van der Waals surface area contributed by atoms with Crippen LogP contribution in [-0.4, -0.2) is 25.9 Å². The van der Waals surface area contributed by atoms with E-state index in [0.29, 0.717) is 28.3 Å². The number of benzene rings is 2. The first-order valence-electron chi connectivity index (χ1n) is 9.84. The molecule has 7 nitrogen and oxygen atoms in total. The molecule has 0 bridgehead atoms. The summed E-state index contributed by atoms with van der Waals surface area (Å²) in [6.45, 7) is 2.59. The molecule has 2 aromatic carbocycles. The Balaban J connectivity index is 1.75. The summed E-state index contributed by atoms with van der Waals surface area (Å²) in [6, 6.07) is 17.2. The van der Waals surface area contributed by atoms with Crippen LogP contribution in [0.5, 0.6) is 5.75 Å². The van der Waals surface area contributed by atoms with Gasteiger partial charge < -0.3 is 4.74 Å². The Morgan fingerprint density at radius 1 is 0.968 bits per heavy atom. The van der Waals surface area contributed by atoms with Crippen molar-refractivity contribution in [1.82, 2.24) is 18.7 Å². The molecule has 0 radical (unpaired) electrons. The molecule has 0 amide bonds. The molecule has 3 heterocycles. The fraction of sp³-hybridized carbons (Fsp3) is 0.174. The van der Waals surface area contributed by atoms with Crippen molar-refractivity contribution < 1.29 is 4.74 Å². The number of hydrogen-bond acceptors (Lipinski definition) is 5. The van der Waals surface area contributed by atoms with Crippen LogP contribution in [0.15, 0.2) is 69.6 Å². The smallest absolute Gasteiger partial charge is 0.352 e. The Morgan fingerprint density at radius 2 is 1.71 bits per heavy atom. The summed E-state index contributed by atoms with van der Waals surface area (Å²) in [5.41, 5.74) is 3.08. The monoisotopic (exact) mass is 432 g/mol. The molecule has 3 aromatic heterocycles. The van der Waals surface area contributed by atoms with Gasteiger partial charge in [-0.05, 0) is 35.6 Å². The van der Waals surface area contributed by atoms with E-state index in [9.17, 15) is 9.59 Å². The number of methoxy groups -OCH3 is 1. The first-order valence-corrected chi connectivity index (χ1v) is 10.7. The van der Waals surface area contributed by atoms with Gasteiger partial charge >= 0.3 is 5.69 Å². The van der Waals surface area contributed by atoms with Gasteiger partial charge in [-0.3, -0.25) is 9.36 Å². The molecule has 5 aromatic rings. The number of hydrogen-bond donors (Lipinski definition) is 0. The molecule has 0 aliphatic carbocycles. The molecular weight excluding hydrogens is 412 g/mol. The van der Waals surface area contributed by atoms with E-state index in [1.165, 1.54) is 20.4 Å². The average Bonchev–Trinajstić information content (AvgIpc) is 3.38. The number of nitrogens with zero attached hydrogens (tertiary/aromatic N) is 4. The molecule has 31 heavy (non-hydrogen) atoms. The van der Waals surface area contributed by atoms with Crippen LogP contribution in [0.3, 0.4) is 0 Å². The number of para-hydroxylation sites is 1. The van der Waals surface area contributed by atoms with E-state index in [2.05, 4.69) is 5.10 Å². The van der Waals surface area contributed by atoms with Crippen LogP contribution >= 0.6 is 11.3 Å². The lowest BCUT2D eigenvalue weighted by Crippen LogP contribution is -2.26. The minimum Gasteiger partial charge on any atom is -0.496 e. The molecule has 0 aliphatic rings. The van der Waals surface area contributed by atoms with Crippen molar-refractivity contribution in [2.75, 3.05) is 7.11 Å². The van der Waals surface area contributed by atoms with E-state index in [4.69, 9.17) is 4.74 Å². The standard InChI is InChI=1S/C23H20N4O3S/c1-15-7-3-4-8-16(15)14-26-23(29)27-18-11-12-31-20(18)21(28)25(22(27)24-26)13-17-9-5-6-10-19(17)30-2/h3-12H,13-14H2,1-2H3. The third-order valence-corrected chi connectivity index (χ3v) is 6.38. The number of thiophene rings is 1. The van der Waals surface area contributed by atoms with Crippen LogP contribution in [0.1, 0.15) is 16.7 Å². The van der Waals surface area contributed by atoms with E-state index in [-0.39, 0.29) is 17.8 Å². The predicted molar refractivity (Wildman–Crippen MR) is 121 cm³/mol. The summed E-state index contributed by atoms with van der Waals surface area (Å²) in [5.74, 6) is 1.00. The summed E-state index contributed by atoms with van der Waals surface area (Å²) in [6.07, 6.45) is 0. The third-order valence-electron chi connectivity index (χ3n) is 5.49. The quantitative estimate of drug-likeness (QED) is 0.427. The summed E-state index contributed by atoms with van der Waals surface area (Å²) in [5, 5.41) is 6.41. The third kappa shape index (κ3) is 3.16. The highest BCUT2D eigenvalue weighted by Gasteiger charge is 2.19. The molecule has 156 valence electrons. The van der Waals surface area contributed by atoms with Gasteiger partial charge in [0.15, 0.2) is 0 Å². The van der Waals surface area contributed by atoms with Crippen LogP contribution in [0.4, 0.5) is 0 Å². The Bertz CT molecular complexity index is 1540. The summed E-state index contributed by atoms with van der Waals surface area (Å²) >= 11 is 1.33. The molecule has 0 aliphatic heterocycles. The van der Waals surface area contributed by atoms with Crippen molar-refractivity contribution in [3.8, 4) is 5.75 Å². The molecular formula is C23H20N4O3S. The zero-order valence-electron chi connectivity index (χ0n) is 17.1. The lowest BCUT2D eigenvalue weighted by atomic mass is 10.1. The van der Waals surface area contributed by atoms with Crippen molar-refractivity contribution in [3.05, 3.63) is 97.5 Å². The van der Waals surface area contributed by atoms with E-state index >= 15 is 0 Å². The SMILES string of the molecule is COc1ccccc1Cn1c(=O)c2sccc2n2c(=O)n(Cc3ccccc3C)nc12. The van der Waals surface area contributed by atoms with E-state index < -0.39 is 0 Å². The number of aryl methyl sites for hydroxylation is 1. The maximum absolute atomic E-state index is 13.3. The Labute approximate surface area is 181 Å². The fourth-order valence-electron chi connectivity index (χ4n) is 3.83. The molecule has 0 saturated carbocycles. The molecule has 0 atom stereocenters. The Kier molecular flexibility index (Phi) is 4.71. The van der Waals surface area contributed by atoms with Crippen LogP contribution in [0, 0.1) is 6.92 Å². The summed E-state index contributed by atoms with van der Waals surface area (Å²) in [7, 11) is 1.60. The van der Waals surface area contributed by atoms with Crippen LogP contribution in [0.2, 0.25) is 0 Å². The van der Waals surface area contributed by atoms with Crippen LogP contribution < -0.4 is 16.0 Å². The van der Waals surface area contributed by atoms with Crippen molar-refractivity contribution in [1.29, 1.82) is 0 Å². The van der Waals surface area contributed by atoms with Gasteiger partial charge in [-0.1, -0.05) is 42.5 Å². The number of fused-ring (bicyclic) bond motifs is 3. The minimum atomic E-state index is -0.268. The van der Waals surface area contributed by atoms with Gasteiger partial charge in [0.25, 0.3) is 5.56 Å². The van der Waals surface area contributed by atoms with Gasteiger partial charge in [-0.25, -0.2) is 13.9 Å². The van der Waals surface area contributed by atoms with E-state index in [1.807, 2.05) is 60.8 Å². The first-order chi connectivity index (χ1) is 15.1. The van der Waals surface area contributed by atoms with Gasteiger partial charge in [0, 0.05) is 5.56 Å². The van der Waals surface area contributed by atoms with Crippen LogP contribution in [-0.2, 0) is 13.1 Å². The Morgan fingerprint density at radius 3 is 2.48 bits per heavy atom. The second-order valence-corrected chi connectivity index (χ2v) is 8.26. The van der Waals surface area contributed by atoms with E-state index in [0.717, 1.165) is 16.7 Å². The number of aromatic nitrogens is 4. The topological polar surface area (TPSA) is 70.5 Å². The molecule has 0 spiro atoms. The maximum Gasteiger partial charge on any atom is 0.352 e. The zero-order valence-corrected chi connectivity index (χ0v) is 17.9. The molecule has 0 N–H and O–H groups in total. The summed E-state index contributed by atoms with van der Waals surface area (Å²) < 4.78 is 10.5. The lowest BCUT2D eigenvalue weighted by molar-refractivity contribution is 0.408. The van der Waals surface area contributed by atoms with Gasteiger partial charge in [-0.2, -0.15) is 0 Å². The molecule has 0 unspecified atom stereocenters. The normalized spacial score (nSPS) is 11.4. The highest BCUT2D eigenvalue weighted by Crippen LogP contribution is 2.21. The predicted octanol–water partition coefficient (Wildman–Crippen LogP) is 3.29. The van der Waals surface area contributed by atoms with Gasteiger partial charge in [0.05, 0.1) is 25.7 Å². The molecule has 5 rings (SSSR count). The van der Waals surface area contributed by atoms with Gasteiger partial charge in [0.2, 0.25) is 5.78 Å². The first kappa shape index (κ1) is 19.3. The lowest BCUT2D eigenvalue weighted by Gasteiger charge is -2.11. The number of ether oxygens (including phenoxy) is 1. The minimum absolute atomic E-state index is 0.170. The molecule has 8 heteroatoms. The van der Waals surface area contributed by atoms with E-state index in [1.54, 1.807) is 17.7 Å². The van der Waals surface area contributed by atoms with Gasteiger partial charge in [-0.15, -0.1) is 16.4 Å². The van der Waals surface area contributed by atoms with Crippen molar-refractivity contribution in [3.63, 3.8) is 0 Å². The maximum atomic E-state index is 13.3. The van der Waals surface area contributed by atoms with Gasteiger partial charge in [0.1, 0.15) is 10.4 Å². The molecule has 0 saturated heterocycles. The highest BCUT2D eigenvalue weighted by atomic mass is 32.1. The number of rotatable bonds is 5. The second kappa shape index (κ2) is 7.55. The van der Waals surface area contributed by atoms with Crippen molar-refractivity contribution in [2.24, 2.45) is 0 Å². The average molecular weight is 433 g/mol. The highest BCUT2D eigenvalue weighted by molar-refractivity contribution is 7.17. The Hall–Kier alpha value is -3.65. The fourth-order valence-corrected chi connectivity index (χ4v) is 4.66. The second-order valence-electron chi connectivity index (χ2n) is 7.34. The molecule has 0 fully saturated rings. The van der Waals surface area contributed by atoms with Crippen LogP contribution in [0.25, 0.3) is 16.0 Å². The summed E-state index contributed by atoms with van der Waals surface area (Å²) in [4.78, 5) is 26.6. The van der Waals surface area contributed by atoms with Crippen molar-refractivity contribution >= 4 is 27.3 Å².